The molecular formula is C15H21ClN4O2. The Morgan fingerprint density at radius 2 is 2.00 bits per heavy atom. The molecule has 1 saturated carbocycles. The van der Waals surface area contributed by atoms with Crippen molar-refractivity contribution < 1.29 is 4.79 Å². The van der Waals surface area contributed by atoms with Crippen LogP contribution in [0.3, 0.4) is 0 Å². The van der Waals surface area contributed by atoms with Gasteiger partial charge in [-0.05, 0) is 18.8 Å². The average Bonchev–Trinajstić information content (AvgIpc) is 2.53. The summed E-state index contributed by atoms with van der Waals surface area (Å²) in [5.74, 6) is 0.752. The third kappa shape index (κ3) is 3.27. The molecule has 120 valence electrons. The van der Waals surface area contributed by atoms with Crippen molar-refractivity contribution in [1.82, 2.24) is 15.1 Å². The van der Waals surface area contributed by atoms with Crippen molar-refractivity contribution in [3.8, 4) is 0 Å². The van der Waals surface area contributed by atoms with Gasteiger partial charge >= 0.3 is 0 Å². The largest absolute Gasteiger partial charge is 0.358 e. The first kappa shape index (κ1) is 15.3. The molecule has 0 spiro atoms. The number of halogens is 1. The highest BCUT2D eigenvalue weighted by atomic mass is 35.5. The van der Waals surface area contributed by atoms with Crippen LogP contribution in [-0.2, 0) is 4.79 Å². The lowest BCUT2D eigenvalue weighted by molar-refractivity contribution is -0.131. The van der Waals surface area contributed by atoms with E-state index in [1.54, 1.807) is 0 Å². The zero-order chi connectivity index (χ0) is 15.5. The number of carbonyl (C=O) groups excluding carboxylic acids is 1. The quantitative estimate of drug-likeness (QED) is 0.918. The Kier molecular flexibility index (Phi) is 4.66. The van der Waals surface area contributed by atoms with Gasteiger partial charge in [-0.15, -0.1) is 0 Å². The first-order chi connectivity index (χ1) is 10.6. The van der Waals surface area contributed by atoms with Gasteiger partial charge in [-0.25, -0.2) is 5.10 Å². The predicted octanol–water partition coefficient (Wildman–Crippen LogP) is 1.65. The second-order valence-electron chi connectivity index (χ2n) is 6.16. The number of amides is 1. The molecule has 0 atom stereocenters. The summed E-state index contributed by atoms with van der Waals surface area (Å²) in [7, 11) is 0. The summed E-state index contributed by atoms with van der Waals surface area (Å²) in [6.07, 6.45) is 7.87. The van der Waals surface area contributed by atoms with Gasteiger partial charge in [0.2, 0.25) is 5.91 Å². The fourth-order valence-corrected chi connectivity index (χ4v) is 3.59. The number of aromatic nitrogens is 2. The van der Waals surface area contributed by atoms with Crippen LogP contribution < -0.4 is 10.5 Å². The summed E-state index contributed by atoms with van der Waals surface area (Å²) in [5.41, 5.74) is 0.118. The molecule has 22 heavy (non-hydrogen) atoms. The van der Waals surface area contributed by atoms with E-state index in [4.69, 9.17) is 11.6 Å². The molecule has 0 unspecified atom stereocenters. The minimum Gasteiger partial charge on any atom is -0.358 e. The number of hydrogen-bond acceptors (Lipinski definition) is 4. The zero-order valence-corrected chi connectivity index (χ0v) is 13.3. The van der Waals surface area contributed by atoms with E-state index in [9.17, 15) is 9.59 Å². The molecule has 1 saturated heterocycles. The van der Waals surface area contributed by atoms with Crippen molar-refractivity contribution in [2.24, 2.45) is 5.92 Å². The lowest BCUT2D eigenvalue weighted by Gasteiger charge is -2.37. The first-order valence-electron chi connectivity index (χ1n) is 7.91. The topological polar surface area (TPSA) is 69.3 Å². The molecule has 0 bridgehead atoms. The lowest BCUT2D eigenvalue weighted by atomic mass is 9.89. The fourth-order valence-electron chi connectivity index (χ4n) is 3.38. The van der Waals surface area contributed by atoms with Crippen LogP contribution in [-0.4, -0.2) is 47.2 Å². The van der Waals surface area contributed by atoms with Crippen molar-refractivity contribution in [1.29, 1.82) is 0 Å². The normalized spacial score (nSPS) is 20.5. The Balaban J connectivity index is 1.63. The standard InChI is InChI=1S/C15H21ClN4O2/c16-14-12(8-17-18-15(14)22)19-6-7-20(13(21)10-19)9-11-4-2-1-3-5-11/h8,11H,1-7,9-10H2,(H,18,22). The summed E-state index contributed by atoms with van der Waals surface area (Å²) < 4.78 is 0. The van der Waals surface area contributed by atoms with Crippen LogP contribution in [0.4, 0.5) is 5.69 Å². The van der Waals surface area contributed by atoms with Crippen LogP contribution >= 0.6 is 11.6 Å². The highest BCUT2D eigenvalue weighted by molar-refractivity contribution is 6.33. The third-order valence-corrected chi connectivity index (χ3v) is 5.01. The van der Waals surface area contributed by atoms with E-state index in [0.717, 1.165) is 6.54 Å². The number of nitrogens with zero attached hydrogens (tertiary/aromatic N) is 3. The van der Waals surface area contributed by atoms with Crippen molar-refractivity contribution in [2.45, 2.75) is 32.1 Å². The number of piperazine rings is 1. The maximum Gasteiger partial charge on any atom is 0.285 e. The van der Waals surface area contributed by atoms with Gasteiger partial charge in [-0.2, -0.15) is 5.10 Å². The van der Waals surface area contributed by atoms with Crippen molar-refractivity contribution in [2.75, 3.05) is 31.1 Å². The first-order valence-corrected chi connectivity index (χ1v) is 8.29. The molecule has 0 radical (unpaired) electrons. The number of rotatable bonds is 3. The summed E-state index contributed by atoms with van der Waals surface area (Å²) >= 11 is 6.02. The lowest BCUT2D eigenvalue weighted by Crippen LogP contribution is -2.52. The van der Waals surface area contributed by atoms with Gasteiger partial charge in [0.15, 0.2) is 0 Å². The predicted molar refractivity (Wildman–Crippen MR) is 85.2 cm³/mol. The van der Waals surface area contributed by atoms with Gasteiger partial charge in [-0.1, -0.05) is 30.9 Å². The Morgan fingerprint density at radius 1 is 1.23 bits per heavy atom. The molecule has 1 aromatic rings. The monoisotopic (exact) mass is 324 g/mol. The van der Waals surface area contributed by atoms with E-state index >= 15 is 0 Å². The summed E-state index contributed by atoms with van der Waals surface area (Å²) in [6, 6.07) is 0. The maximum atomic E-state index is 12.4. The summed E-state index contributed by atoms with van der Waals surface area (Å²) in [5, 5.41) is 6.16. The second-order valence-corrected chi connectivity index (χ2v) is 6.54. The molecule has 3 rings (SSSR count). The molecule has 0 aromatic carbocycles. The highest BCUT2D eigenvalue weighted by Crippen LogP contribution is 2.26. The molecule has 1 amide bonds. The number of anilines is 1. The van der Waals surface area contributed by atoms with E-state index in [0.29, 0.717) is 24.7 Å². The molecule has 7 heteroatoms. The molecule has 2 heterocycles. The number of carbonyl (C=O) groups is 1. The van der Waals surface area contributed by atoms with Gasteiger partial charge in [0, 0.05) is 19.6 Å². The van der Waals surface area contributed by atoms with Gasteiger partial charge in [-0.3, -0.25) is 9.59 Å². The SMILES string of the molecule is O=C1CN(c2cn[nH]c(=O)c2Cl)CCN1CC1CCCCC1. The highest BCUT2D eigenvalue weighted by Gasteiger charge is 2.28. The molecular weight excluding hydrogens is 304 g/mol. The van der Waals surface area contributed by atoms with Crippen molar-refractivity contribution in [3.05, 3.63) is 21.6 Å². The van der Waals surface area contributed by atoms with Crippen LogP contribution in [0.5, 0.6) is 0 Å². The Bertz CT molecular complexity index is 597. The maximum absolute atomic E-state index is 12.4. The minimum absolute atomic E-state index is 0.100. The van der Waals surface area contributed by atoms with Crippen molar-refractivity contribution in [3.63, 3.8) is 0 Å². The number of nitrogens with one attached hydrogen (secondary N) is 1. The summed E-state index contributed by atoms with van der Waals surface area (Å²) in [6.45, 7) is 2.49. The molecule has 6 nitrogen and oxygen atoms in total. The second kappa shape index (κ2) is 6.69. The Labute approximate surface area is 134 Å². The van der Waals surface area contributed by atoms with E-state index in [-0.39, 0.29) is 17.5 Å². The molecule has 1 aliphatic heterocycles. The van der Waals surface area contributed by atoms with Crippen LogP contribution in [0, 0.1) is 5.92 Å². The Morgan fingerprint density at radius 3 is 2.73 bits per heavy atom. The van der Waals surface area contributed by atoms with Crippen LogP contribution in [0.2, 0.25) is 5.02 Å². The molecule has 1 aliphatic carbocycles. The zero-order valence-electron chi connectivity index (χ0n) is 12.6. The minimum atomic E-state index is -0.420. The van der Waals surface area contributed by atoms with E-state index in [1.165, 1.54) is 38.3 Å². The van der Waals surface area contributed by atoms with E-state index < -0.39 is 5.56 Å². The van der Waals surface area contributed by atoms with Crippen LogP contribution in [0.1, 0.15) is 32.1 Å². The fraction of sp³-hybridized carbons (Fsp3) is 0.667. The van der Waals surface area contributed by atoms with Gasteiger partial charge in [0.05, 0.1) is 18.4 Å². The van der Waals surface area contributed by atoms with E-state index in [2.05, 4.69) is 10.2 Å². The number of H-pyrrole nitrogens is 1. The Hall–Kier alpha value is -1.56. The van der Waals surface area contributed by atoms with Crippen LogP contribution in [0.15, 0.2) is 11.0 Å². The van der Waals surface area contributed by atoms with Gasteiger partial charge < -0.3 is 9.80 Å². The number of hydrogen-bond donors (Lipinski definition) is 1. The van der Waals surface area contributed by atoms with Crippen LogP contribution in [0.25, 0.3) is 0 Å². The van der Waals surface area contributed by atoms with E-state index in [1.807, 2.05) is 9.80 Å². The van der Waals surface area contributed by atoms with Crippen molar-refractivity contribution >= 4 is 23.2 Å². The average molecular weight is 325 g/mol. The third-order valence-electron chi connectivity index (χ3n) is 4.64. The van der Waals surface area contributed by atoms with Gasteiger partial charge in [0.1, 0.15) is 5.02 Å². The summed E-state index contributed by atoms with van der Waals surface area (Å²) in [4.78, 5) is 27.7. The molecule has 2 aliphatic rings. The van der Waals surface area contributed by atoms with Gasteiger partial charge in [0.25, 0.3) is 5.56 Å². The molecule has 2 fully saturated rings. The molecule has 1 N–H and O–H groups in total. The smallest absolute Gasteiger partial charge is 0.285 e. The number of aromatic amines is 1. The molecule has 1 aromatic heterocycles.